The van der Waals surface area contributed by atoms with Crippen LogP contribution >= 0.6 is 0 Å². The molecule has 1 aromatic heterocycles. The quantitative estimate of drug-likeness (QED) is 0.392. The molecule has 5 nitrogen and oxygen atoms in total. The Morgan fingerprint density at radius 3 is 2.33 bits per heavy atom. The lowest BCUT2D eigenvalue weighted by Crippen LogP contribution is -2.22. The van der Waals surface area contributed by atoms with Crippen molar-refractivity contribution in [2.24, 2.45) is 0 Å². The summed E-state index contributed by atoms with van der Waals surface area (Å²) in [4.78, 5) is 30.4. The first-order chi connectivity index (χ1) is 15.8. The van der Waals surface area contributed by atoms with E-state index in [1.54, 1.807) is 0 Å². The van der Waals surface area contributed by atoms with E-state index in [0.29, 0.717) is 22.2 Å². The highest BCUT2D eigenvalue weighted by Crippen LogP contribution is 2.30. The van der Waals surface area contributed by atoms with Crippen LogP contribution in [0.15, 0.2) is 66.7 Å². The van der Waals surface area contributed by atoms with Crippen molar-refractivity contribution in [1.82, 2.24) is 4.98 Å². The Bertz CT molecular complexity index is 1360. The number of nitrogens with zero attached hydrogens (tertiary/aromatic N) is 1. The van der Waals surface area contributed by atoms with Crippen LogP contribution in [0.4, 0.5) is 5.69 Å². The normalized spacial score (nSPS) is 10.8. The summed E-state index contributed by atoms with van der Waals surface area (Å²) in [6.45, 7) is 7.39. The first-order valence-corrected chi connectivity index (χ1v) is 10.8. The summed E-state index contributed by atoms with van der Waals surface area (Å²) in [7, 11) is 0. The number of carbonyl (C=O) groups excluding carboxylic acids is 2. The largest absolute Gasteiger partial charge is 0.452 e. The van der Waals surface area contributed by atoms with Gasteiger partial charge in [-0.25, -0.2) is 9.78 Å². The smallest absolute Gasteiger partial charge is 0.339 e. The number of nitrogens with one attached hydrogen (secondary N) is 1. The molecule has 0 atom stereocenters. The highest BCUT2D eigenvalue weighted by atomic mass is 16.5. The van der Waals surface area contributed by atoms with Crippen molar-refractivity contribution >= 4 is 28.5 Å². The number of hydrogen-bond acceptors (Lipinski definition) is 4. The Labute approximate surface area is 193 Å². The Balaban J connectivity index is 1.62. The molecule has 0 spiro atoms. The van der Waals surface area contributed by atoms with Crippen LogP contribution in [0.1, 0.15) is 32.6 Å². The van der Waals surface area contributed by atoms with Crippen molar-refractivity contribution in [1.29, 1.82) is 0 Å². The van der Waals surface area contributed by atoms with E-state index < -0.39 is 5.97 Å². The molecule has 0 saturated heterocycles. The molecule has 1 N–H and O–H groups in total. The van der Waals surface area contributed by atoms with Gasteiger partial charge in [-0.2, -0.15) is 0 Å². The number of ether oxygens (including phenoxy) is 1. The number of aromatic nitrogens is 1. The van der Waals surface area contributed by atoms with Crippen LogP contribution in [-0.2, 0) is 9.53 Å². The minimum Gasteiger partial charge on any atom is -0.452 e. The molecule has 0 aliphatic carbocycles. The topological polar surface area (TPSA) is 68.3 Å². The summed E-state index contributed by atoms with van der Waals surface area (Å²) in [5.74, 6) is -0.928. The summed E-state index contributed by atoms with van der Waals surface area (Å²) in [6.07, 6.45) is 0. The molecule has 0 radical (unpaired) electrons. The van der Waals surface area contributed by atoms with E-state index in [9.17, 15) is 9.59 Å². The Kier molecular flexibility index (Phi) is 6.22. The lowest BCUT2D eigenvalue weighted by Gasteiger charge is -2.15. The number of esters is 1. The van der Waals surface area contributed by atoms with Gasteiger partial charge in [0.2, 0.25) is 0 Å². The van der Waals surface area contributed by atoms with E-state index >= 15 is 0 Å². The van der Waals surface area contributed by atoms with Crippen LogP contribution < -0.4 is 5.32 Å². The van der Waals surface area contributed by atoms with Gasteiger partial charge in [0.05, 0.1) is 16.8 Å². The van der Waals surface area contributed by atoms with Crippen LogP contribution in [0.5, 0.6) is 0 Å². The second-order valence-corrected chi connectivity index (χ2v) is 8.29. The summed E-state index contributed by atoms with van der Waals surface area (Å²) >= 11 is 0. The number of aryl methyl sites for hydroxylation is 3. The second-order valence-electron chi connectivity index (χ2n) is 8.29. The molecule has 166 valence electrons. The predicted octanol–water partition coefficient (Wildman–Crippen LogP) is 5.93. The second kappa shape index (κ2) is 9.25. The highest BCUT2D eigenvalue weighted by molar-refractivity contribution is 6.07. The molecule has 3 aromatic carbocycles. The van der Waals surface area contributed by atoms with E-state index in [0.717, 1.165) is 33.5 Å². The van der Waals surface area contributed by atoms with Gasteiger partial charge < -0.3 is 10.1 Å². The zero-order valence-corrected chi connectivity index (χ0v) is 19.2. The summed E-state index contributed by atoms with van der Waals surface area (Å²) in [5.41, 5.74) is 7.33. The van der Waals surface area contributed by atoms with Crippen molar-refractivity contribution in [3.05, 3.63) is 94.5 Å². The monoisotopic (exact) mass is 438 g/mol. The molecular formula is C28H26N2O3. The molecule has 4 aromatic rings. The molecule has 5 heteroatoms. The third kappa shape index (κ3) is 4.77. The number of pyridine rings is 1. The average Bonchev–Trinajstić information content (AvgIpc) is 2.80. The fourth-order valence-corrected chi connectivity index (χ4v) is 3.82. The summed E-state index contributed by atoms with van der Waals surface area (Å²) in [5, 5.41) is 3.52. The minimum atomic E-state index is -0.546. The third-order valence-corrected chi connectivity index (χ3v) is 5.67. The van der Waals surface area contributed by atoms with Crippen molar-refractivity contribution < 1.29 is 14.3 Å². The first kappa shape index (κ1) is 22.2. The maximum atomic E-state index is 13.2. The molecule has 4 rings (SSSR count). The van der Waals surface area contributed by atoms with Crippen LogP contribution in [0, 0.1) is 27.7 Å². The fraction of sp³-hybridized carbons (Fsp3) is 0.179. The maximum Gasteiger partial charge on any atom is 0.339 e. The highest BCUT2D eigenvalue weighted by Gasteiger charge is 2.21. The van der Waals surface area contributed by atoms with E-state index in [1.165, 1.54) is 0 Å². The van der Waals surface area contributed by atoms with E-state index in [4.69, 9.17) is 9.72 Å². The van der Waals surface area contributed by atoms with Gasteiger partial charge in [0.1, 0.15) is 0 Å². The molecule has 0 unspecified atom stereocenters. The Morgan fingerprint density at radius 2 is 1.58 bits per heavy atom. The number of anilines is 1. The third-order valence-electron chi connectivity index (χ3n) is 5.67. The van der Waals surface area contributed by atoms with Gasteiger partial charge in [0.15, 0.2) is 6.61 Å². The lowest BCUT2D eigenvalue weighted by atomic mass is 9.97. The number of carbonyl (C=O) groups is 2. The van der Waals surface area contributed by atoms with Gasteiger partial charge in [0.25, 0.3) is 5.91 Å². The molecule has 0 aliphatic rings. The van der Waals surface area contributed by atoms with E-state index in [1.807, 2.05) is 94.4 Å². The molecule has 33 heavy (non-hydrogen) atoms. The van der Waals surface area contributed by atoms with Crippen molar-refractivity contribution in [3.63, 3.8) is 0 Å². The lowest BCUT2D eigenvalue weighted by molar-refractivity contribution is -0.119. The average molecular weight is 439 g/mol. The molecule has 1 amide bonds. The number of hydrogen-bond donors (Lipinski definition) is 1. The van der Waals surface area contributed by atoms with Gasteiger partial charge in [-0.05, 0) is 56.5 Å². The van der Waals surface area contributed by atoms with Crippen LogP contribution in [0.25, 0.3) is 22.2 Å². The number of benzene rings is 3. The Hall–Kier alpha value is -3.99. The van der Waals surface area contributed by atoms with Gasteiger partial charge in [-0.15, -0.1) is 0 Å². The van der Waals surface area contributed by atoms with E-state index in [2.05, 4.69) is 5.32 Å². The summed E-state index contributed by atoms with van der Waals surface area (Å²) in [6, 6.07) is 21.3. The van der Waals surface area contributed by atoms with Crippen molar-refractivity contribution in [3.8, 4) is 11.3 Å². The first-order valence-electron chi connectivity index (χ1n) is 10.8. The zero-order valence-electron chi connectivity index (χ0n) is 19.2. The van der Waals surface area contributed by atoms with Crippen LogP contribution in [0.2, 0.25) is 0 Å². The standard InChI is InChI=1S/C28H26N2O3/c1-17-10-13-21(14-11-17)27-20(4)26(22-7-5-6-8-23(22)30-27)28(32)33-16-25(31)29-24-15-18(2)9-12-19(24)3/h5-15H,16H2,1-4H3,(H,29,31). The van der Waals surface area contributed by atoms with Gasteiger partial charge in [-0.3, -0.25) is 4.79 Å². The van der Waals surface area contributed by atoms with Gasteiger partial charge in [0, 0.05) is 16.6 Å². The number of para-hydroxylation sites is 1. The number of rotatable bonds is 5. The predicted molar refractivity (Wildman–Crippen MR) is 131 cm³/mol. The van der Waals surface area contributed by atoms with Crippen LogP contribution in [-0.4, -0.2) is 23.5 Å². The molecule has 0 fully saturated rings. The number of amides is 1. The SMILES string of the molecule is Cc1ccc(-c2nc3ccccc3c(C(=O)OCC(=O)Nc3cc(C)ccc3C)c2C)cc1. The van der Waals surface area contributed by atoms with Gasteiger partial charge >= 0.3 is 5.97 Å². The summed E-state index contributed by atoms with van der Waals surface area (Å²) < 4.78 is 5.45. The molecular weight excluding hydrogens is 412 g/mol. The van der Waals surface area contributed by atoms with E-state index in [-0.39, 0.29) is 12.5 Å². The van der Waals surface area contributed by atoms with Crippen LogP contribution in [0.3, 0.4) is 0 Å². The molecule has 0 bridgehead atoms. The fourth-order valence-electron chi connectivity index (χ4n) is 3.82. The molecule has 0 aliphatic heterocycles. The zero-order chi connectivity index (χ0) is 23.5. The minimum absolute atomic E-state index is 0.373. The molecule has 0 saturated carbocycles. The van der Waals surface area contributed by atoms with Crippen molar-refractivity contribution in [2.45, 2.75) is 27.7 Å². The van der Waals surface area contributed by atoms with Gasteiger partial charge in [-0.1, -0.05) is 60.2 Å². The Morgan fingerprint density at radius 1 is 0.879 bits per heavy atom. The number of fused-ring (bicyclic) bond motifs is 1. The maximum absolute atomic E-state index is 13.2. The van der Waals surface area contributed by atoms with Crippen molar-refractivity contribution in [2.75, 3.05) is 11.9 Å². The molecule has 1 heterocycles.